The summed E-state index contributed by atoms with van der Waals surface area (Å²) in [5.41, 5.74) is -0.583. The lowest BCUT2D eigenvalue weighted by atomic mass is 9.85. The van der Waals surface area contributed by atoms with E-state index in [1.165, 1.54) is 0 Å². The summed E-state index contributed by atoms with van der Waals surface area (Å²) in [5, 5.41) is 11.9. The Kier molecular flexibility index (Phi) is 3.13. The number of carboxylic acids is 1. The minimum atomic E-state index is -1.23. The molecule has 0 spiro atoms. The van der Waals surface area contributed by atoms with Crippen molar-refractivity contribution in [1.82, 2.24) is 0 Å². The second-order valence-electron chi connectivity index (χ2n) is 4.41. The van der Waals surface area contributed by atoms with Crippen LogP contribution in [0.4, 0.5) is 5.69 Å². The van der Waals surface area contributed by atoms with E-state index in [1.807, 2.05) is 6.07 Å². The van der Waals surface area contributed by atoms with Gasteiger partial charge in [-0.1, -0.05) is 31.0 Å². The second-order valence-corrected chi connectivity index (χ2v) is 4.41. The van der Waals surface area contributed by atoms with Crippen molar-refractivity contribution in [2.45, 2.75) is 25.7 Å². The van der Waals surface area contributed by atoms with E-state index < -0.39 is 17.3 Å². The van der Waals surface area contributed by atoms with Crippen LogP contribution in [-0.4, -0.2) is 17.0 Å². The first-order chi connectivity index (χ1) is 8.15. The van der Waals surface area contributed by atoms with E-state index in [1.54, 1.807) is 24.3 Å². The molecule has 1 aromatic carbocycles. The highest BCUT2D eigenvalue weighted by Gasteiger charge is 2.48. The van der Waals surface area contributed by atoms with Crippen LogP contribution < -0.4 is 5.32 Å². The third-order valence-corrected chi connectivity index (χ3v) is 3.33. The molecule has 0 atom stereocenters. The number of para-hydroxylation sites is 1. The van der Waals surface area contributed by atoms with Crippen LogP contribution in [0.25, 0.3) is 0 Å². The molecule has 1 aliphatic rings. The number of carboxylic acid groups (broad SMARTS) is 1. The number of amides is 1. The van der Waals surface area contributed by atoms with Gasteiger partial charge in [0.15, 0.2) is 0 Å². The van der Waals surface area contributed by atoms with E-state index in [-0.39, 0.29) is 0 Å². The predicted molar refractivity (Wildman–Crippen MR) is 63.6 cm³/mol. The summed E-state index contributed by atoms with van der Waals surface area (Å²) in [7, 11) is 0. The zero-order chi connectivity index (χ0) is 12.3. The maximum Gasteiger partial charge on any atom is 0.319 e. The monoisotopic (exact) mass is 233 g/mol. The van der Waals surface area contributed by atoms with Gasteiger partial charge in [-0.2, -0.15) is 0 Å². The maximum atomic E-state index is 12.1. The number of hydrogen-bond donors (Lipinski definition) is 2. The molecule has 1 amide bonds. The number of carbonyl (C=O) groups is 2. The summed E-state index contributed by atoms with van der Waals surface area (Å²) in [4.78, 5) is 23.4. The van der Waals surface area contributed by atoms with Gasteiger partial charge in [0.1, 0.15) is 5.41 Å². The average molecular weight is 233 g/mol. The van der Waals surface area contributed by atoms with Crippen molar-refractivity contribution >= 4 is 17.6 Å². The number of hydrogen-bond acceptors (Lipinski definition) is 2. The Morgan fingerprint density at radius 1 is 1.12 bits per heavy atom. The zero-order valence-corrected chi connectivity index (χ0v) is 9.48. The molecular formula is C13H15NO3. The van der Waals surface area contributed by atoms with Crippen LogP contribution in [0, 0.1) is 5.41 Å². The van der Waals surface area contributed by atoms with Gasteiger partial charge in [-0.05, 0) is 25.0 Å². The number of carbonyl (C=O) groups excluding carboxylic acids is 1. The van der Waals surface area contributed by atoms with Gasteiger partial charge in [0.25, 0.3) is 0 Å². The molecular weight excluding hydrogens is 218 g/mol. The highest BCUT2D eigenvalue weighted by Crippen LogP contribution is 2.39. The molecule has 0 unspecified atom stereocenters. The second kappa shape index (κ2) is 4.57. The Hall–Kier alpha value is -1.84. The van der Waals surface area contributed by atoms with E-state index in [4.69, 9.17) is 0 Å². The smallest absolute Gasteiger partial charge is 0.319 e. The zero-order valence-electron chi connectivity index (χ0n) is 9.48. The van der Waals surface area contributed by atoms with Gasteiger partial charge in [-0.25, -0.2) is 0 Å². The Bertz CT molecular complexity index is 422. The third kappa shape index (κ3) is 2.16. The normalized spacial score (nSPS) is 17.6. The van der Waals surface area contributed by atoms with Crippen molar-refractivity contribution in [3.8, 4) is 0 Å². The van der Waals surface area contributed by atoms with E-state index in [0.29, 0.717) is 18.5 Å². The van der Waals surface area contributed by atoms with E-state index in [9.17, 15) is 14.7 Å². The Morgan fingerprint density at radius 2 is 1.71 bits per heavy atom. The summed E-state index contributed by atoms with van der Waals surface area (Å²) in [6.45, 7) is 0. The molecule has 0 aromatic heterocycles. The molecule has 1 fully saturated rings. The summed E-state index contributed by atoms with van der Waals surface area (Å²) >= 11 is 0. The summed E-state index contributed by atoms with van der Waals surface area (Å²) in [6, 6.07) is 8.96. The first-order valence-electron chi connectivity index (χ1n) is 5.75. The molecule has 1 aliphatic carbocycles. The van der Waals surface area contributed by atoms with Crippen molar-refractivity contribution in [3.63, 3.8) is 0 Å². The number of benzene rings is 1. The third-order valence-electron chi connectivity index (χ3n) is 3.33. The lowest BCUT2D eigenvalue weighted by Gasteiger charge is -2.22. The first-order valence-corrected chi connectivity index (χ1v) is 5.75. The van der Waals surface area contributed by atoms with Crippen LogP contribution in [0.2, 0.25) is 0 Å². The average Bonchev–Trinajstić information content (AvgIpc) is 2.80. The van der Waals surface area contributed by atoms with Crippen LogP contribution in [0.3, 0.4) is 0 Å². The quantitative estimate of drug-likeness (QED) is 0.787. The molecule has 0 bridgehead atoms. The van der Waals surface area contributed by atoms with Crippen LogP contribution in [-0.2, 0) is 9.59 Å². The van der Waals surface area contributed by atoms with Crippen LogP contribution in [0.15, 0.2) is 30.3 Å². The molecule has 2 rings (SSSR count). The number of aliphatic carboxylic acids is 1. The Morgan fingerprint density at radius 3 is 2.24 bits per heavy atom. The predicted octanol–water partition coefficient (Wildman–Crippen LogP) is 2.27. The molecule has 90 valence electrons. The maximum absolute atomic E-state index is 12.1. The minimum absolute atomic E-state index is 0.395. The number of nitrogens with one attached hydrogen (secondary N) is 1. The Balaban J connectivity index is 2.16. The lowest BCUT2D eigenvalue weighted by Crippen LogP contribution is -2.40. The molecule has 0 saturated heterocycles. The van der Waals surface area contributed by atoms with E-state index in [2.05, 4.69) is 5.32 Å². The van der Waals surface area contributed by atoms with E-state index >= 15 is 0 Å². The van der Waals surface area contributed by atoms with Gasteiger partial charge >= 0.3 is 5.97 Å². The first kappa shape index (κ1) is 11.6. The van der Waals surface area contributed by atoms with Crippen LogP contribution in [0.1, 0.15) is 25.7 Å². The molecule has 1 aromatic rings. The fourth-order valence-electron chi connectivity index (χ4n) is 2.29. The van der Waals surface area contributed by atoms with Crippen LogP contribution in [0.5, 0.6) is 0 Å². The molecule has 4 nitrogen and oxygen atoms in total. The SMILES string of the molecule is O=C(O)C1(C(=O)Nc2ccccc2)CCCC1. The highest BCUT2D eigenvalue weighted by molar-refractivity contribution is 6.08. The summed E-state index contributed by atoms with van der Waals surface area (Å²) in [6.07, 6.45) is 2.46. The standard InChI is InChI=1S/C13H15NO3/c15-11(14-10-6-2-1-3-7-10)13(12(16)17)8-4-5-9-13/h1-3,6-7H,4-5,8-9H2,(H,14,15)(H,16,17). The van der Waals surface area contributed by atoms with Crippen molar-refractivity contribution in [2.24, 2.45) is 5.41 Å². The number of rotatable bonds is 3. The Labute approximate surface area is 99.6 Å². The largest absolute Gasteiger partial charge is 0.480 e. The van der Waals surface area contributed by atoms with Gasteiger partial charge in [0.05, 0.1) is 0 Å². The lowest BCUT2D eigenvalue weighted by molar-refractivity contribution is -0.153. The van der Waals surface area contributed by atoms with Crippen molar-refractivity contribution in [1.29, 1.82) is 0 Å². The van der Waals surface area contributed by atoms with Gasteiger partial charge in [0.2, 0.25) is 5.91 Å². The summed E-state index contributed by atoms with van der Waals surface area (Å²) < 4.78 is 0. The van der Waals surface area contributed by atoms with Crippen molar-refractivity contribution in [2.75, 3.05) is 5.32 Å². The molecule has 0 radical (unpaired) electrons. The van der Waals surface area contributed by atoms with Gasteiger partial charge < -0.3 is 10.4 Å². The molecule has 0 aliphatic heterocycles. The molecule has 1 saturated carbocycles. The molecule has 4 heteroatoms. The van der Waals surface area contributed by atoms with Crippen LogP contribution >= 0.6 is 0 Å². The van der Waals surface area contributed by atoms with E-state index in [0.717, 1.165) is 12.8 Å². The fraction of sp³-hybridized carbons (Fsp3) is 0.385. The molecule has 0 heterocycles. The molecule has 2 N–H and O–H groups in total. The summed E-state index contributed by atoms with van der Waals surface area (Å²) in [5.74, 6) is -1.41. The fourth-order valence-corrected chi connectivity index (χ4v) is 2.29. The van der Waals surface area contributed by atoms with Gasteiger partial charge in [-0.3, -0.25) is 9.59 Å². The van der Waals surface area contributed by atoms with Crippen molar-refractivity contribution < 1.29 is 14.7 Å². The number of anilines is 1. The molecule has 17 heavy (non-hydrogen) atoms. The van der Waals surface area contributed by atoms with Crippen molar-refractivity contribution in [3.05, 3.63) is 30.3 Å². The topological polar surface area (TPSA) is 66.4 Å². The van der Waals surface area contributed by atoms with Gasteiger partial charge in [0, 0.05) is 5.69 Å². The minimum Gasteiger partial charge on any atom is -0.480 e. The van der Waals surface area contributed by atoms with Gasteiger partial charge in [-0.15, -0.1) is 0 Å². The highest BCUT2D eigenvalue weighted by atomic mass is 16.4.